The Hall–Kier alpha value is -1.02. The van der Waals surface area contributed by atoms with Crippen LogP contribution in [0.4, 0.5) is 0 Å². The minimum Gasteiger partial charge on any atom is -0.494 e. The highest BCUT2D eigenvalue weighted by molar-refractivity contribution is 5.28. The predicted molar refractivity (Wildman–Crippen MR) is 91.9 cm³/mol. The van der Waals surface area contributed by atoms with Gasteiger partial charge in [-0.15, -0.1) is 0 Å². The first-order valence-corrected chi connectivity index (χ1v) is 8.50. The molecular formula is C19H33NO. The summed E-state index contributed by atoms with van der Waals surface area (Å²) in [4.78, 5) is 0. The highest BCUT2D eigenvalue weighted by Gasteiger charge is 2.16. The SMILES string of the molecule is CCCCCC(C)(C)CNCc1cccc(OCCC)c1. The second kappa shape index (κ2) is 9.83. The van der Waals surface area contributed by atoms with Crippen molar-refractivity contribution in [2.45, 2.75) is 66.3 Å². The molecule has 0 saturated heterocycles. The number of rotatable bonds is 11. The minimum atomic E-state index is 0.380. The van der Waals surface area contributed by atoms with Crippen molar-refractivity contribution >= 4 is 0 Å². The van der Waals surface area contributed by atoms with Gasteiger partial charge in [0.05, 0.1) is 6.61 Å². The Balaban J connectivity index is 2.34. The molecule has 0 amide bonds. The van der Waals surface area contributed by atoms with Crippen LogP contribution in [-0.4, -0.2) is 13.2 Å². The number of nitrogens with one attached hydrogen (secondary N) is 1. The Kier molecular flexibility index (Phi) is 8.44. The monoisotopic (exact) mass is 291 g/mol. The molecule has 2 nitrogen and oxygen atoms in total. The van der Waals surface area contributed by atoms with Crippen LogP contribution in [0.1, 0.15) is 65.4 Å². The quantitative estimate of drug-likeness (QED) is 0.568. The number of hydrogen-bond donors (Lipinski definition) is 1. The van der Waals surface area contributed by atoms with Crippen LogP contribution in [-0.2, 0) is 6.54 Å². The number of ether oxygens (including phenoxy) is 1. The summed E-state index contributed by atoms with van der Waals surface area (Å²) in [5.74, 6) is 0.985. The first-order chi connectivity index (χ1) is 10.1. The van der Waals surface area contributed by atoms with Gasteiger partial charge in [0.1, 0.15) is 5.75 Å². The Labute approximate surface area is 131 Å². The fourth-order valence-corrected chi connectivity index (χ4v) is 2.45. The summed E-state index contributed by atoms with van der Waals surface area (Å²) in [6, 6.07) is 8.42. The molecule has 1 aromatic carbocycles. The summed E-state index contributed by atoms with van der Waals surface area (Å²) in [5.41, 5.74) is 1.68. The van der Waals surface area contributed by atoms with Crippen LogP contribution >= 0.6 is 0 Å². The van der Waals surface area contributed by atoms with E-state index in [9.17, 15) is 0 Å². The zero-order valence-corrected chi connectivity index (χ0v) is 14.4. The second-order valence-electron chi connectivity index (χ2n) is 6.72. The zero-order chi connectivity index (χ0) is 15.6. The van der Waals surface area contributed by atoms with Gasteiger partial charge in [-0.3, -0.25) is 0 Å². The average molecular weight is 291 g/mol. The van der Waals surface area contributed by atoms with E-state index < -0.39 is 0 Å². The normalized spacial score (nSPS) is 11.6. The van der Waals surface area contributed by atoms with Crippen LogP contribution in [0.5, 0.6) is 5.75 Å². The van der Waals surface area contributed by atoms with Gasteiger partial charge in [-0.2, -0.15) is 0 Å². The Morgan fingerprint density at radius 1 is 1.10 bits per heavy atom. The standard InChI is InChI=1S/C19H33NO/c1-5-7-8-12-19(3,4)16-20-15-17-10-9-11-18(14-17)21-13-6-2/h9-11,14,20H,5-8,12-13,15-16H2,1-4H3. The lowest BCUT2D eigenvalue weighted by molar-refractivity contribution is 0.301. The van der Waals surface area contributed by atoms with Crippen molar-refractivity contribution in [1.29, 1.82) is 0 Å². The first-order valence-electron chi connectivity index (χ1n) is 8.50. The molecule has 0 spiro atoms. The van der Waals surface area contributed by atoms with Gasteiger partial charge in [0.2, 0.25) is 0 Å². The van der Waals surface area contributed by atoms with Gasteiger partial charge < -0.3 is 10.1 Å². The largest absolute Gasteiger partial charge is 0.494 e. The molecule has 0 fully saturated rings. The third kappa shape index (κ3) is 8.11. The average Bonchev–Trinajstić information content (AvgIpc) is 2.45. The van der Waals surface area contributed by atoms with Crippen LogP contribution in [0.3, 0.4) is 0 Å². The summed E-state index contributed by atoms with van der Waals surface area (Å²) in [6.07, 6.45) is 6.34. The summed E-state index contributed by atoms with van der Waals surface area (Å²) < 4.78 is 5.68. The molecule has 0 aromatic heterocycles. The molecular weight excluding hydrogens is 258 g/mol. The maximum atomic E-state index is 5.68. The van der Waals surface area contributed by atoms with E-state index in [2.05, 4.69) is 51.2 Å². The van der Waals surface area contributed by atoms with Crippen molar-refractivity contribution in [1.82, 2.24) is 5.32 Å². The van der Waals surface area contributed by atoms with E-state index in [1.807, 2.05) is 6.07 Å². The molecule has 0 unspecified atom stereocenters. The molecule has 0 bridgehead atoms. The molecule has 0 aliphatic carbocycles. The van der Waals surface area contributed by atoms with E-state index in [0.29, 0.717) is 5.41 Å². The topological polar surface area (TPSA) is 21.3 Å². The minimum absolute atomic E-state index is 0.380. The molecule has 1 aromatic rings. The molecule has 0 radical (unpaired) electrons. The molecule has 120 valence electrons. The van der Waals surface area contributed by atoms with Crippen LogP contribution in [0.25, 0.3) is 0 Å². The van der Waals surface area contributed by atoms with Crippen molar-refractivity contribution in [3.63, 3.8) is 0 Å². The predicted octanol–water partition coefficient (Wildman–Crippen LogP) is 5.17. The van der Waals surface area contributed by atoms with Crippen LogP contribution in [0, 0.1) is 5.41 Å². The van der Waals surface area contributed by atoms with E-state index in [4.69, 9.17) is 4.74 Å². The van der Waals surface area contributed by atoms with Gasteiger partial charge in [-0.05, 0) is 36.0 Å². The fraction of sp³-hybridized carbons (Fsp3) is 0.684. The maximum Gasteiger partial charge on any atom is 0.119 e. The van der Waals surface area contributed by atoms with Crippen molar-refractivity contribution in [2.75, 3.05) is 13.2 Å². The summed E-state index contributed by atoms with van der Waals surface area (Å²) >= 11 is 0. The highest BCUT2D eigenvalue weighted by atomic mass is 16.5. The van der Waals surface area contributed by atoms with E-state index in [1.165, 1.54) is 31.2 Å². The van der Waals surface area contributed by atoms with Crippen molar-refractivity contribution < 1.29 is 4.74 Å². The summed E-state index contributed by atoms with van der Waals surface area (Å²) in [5, 5.41) is 3.60. The Morgan fingerprint density at radius 2 is 1.90 bits per heavy atom. The molecule has 1 rings (SSSR count). The van der Waals surface area contributed by atoms with Gasteiger partial charge in [0, 0.05) is 13.1 Å². The fourth-order valence-electron chi connectivity index (χ4n) is 2.45. The lowest BCUT2D eigenvalue weighted by Gasteiger charge is -2.25. The third-order valence-corrected chi connectivity index (χ3v) is 3.76. The van der Waals surface area contributed by atoms with E-state index in [1.54, 1.807) is 0 Å². The van der Waals surface area contributed by atoms with Crippen LogP contribution < -0.4 is 10.1 Å². The lowest BCUT2D eigenvalue weighted by Crippen LogP contribution is -2.29. The lowest BCUT2D eigenvalue weighted by atomic mass is 9.87. The van der Waals surface area contributed by atoms with E-state index in [-0.39, 0.29) is 0 Å². The van der Waals surface area contributed by atoms with Gasteiger partial charge in [0.25, 0.3) is 0 Å². The summed E-state index contributed by atoms with van der Waals surface area (Å²) in [6.45, 7) is 11.9. The first kappa shape index (κ1) is 18.0. The third-order valence-electron chi connectivity index (χ3n) is 3.76. The number of hydrogen-bond acceptors (Lipinski definition) is 2. The molecule has 0 aliphatic rings. The Morgan fingerprint density at radius 3 is 2.62 bits per heavy atom. The van der Waals surface area contributed by atoms with Crippen LogP contribution in [0.15, 0.2) is 24.3 Å². The Bertz CT molecular complexity index is 387. The van der Waals surface area contributed by atoms with Gasteiger partial charge in [0.15, 0.2) is 0 Å². The molecule has 0 atom stereocenters. The van der Waals surface area contributed by atoms with Crippen molar-refractivity contribution in [3.05, 3.63) is 29.8 Å². The van der Waals surface area contributed by atoms with Gasteiger partial charge in [-0.1, -0.05) is 59.1 Å². The van der Waals surface area contributed by atoms with Crippen LogP contribution in [0.2, 0.25) is 0 Å². The number of benzene rings is 1. The molecule has 0 aliphatic heterocycles. The molecule has 1 N–H and O–H groups in total. The molecule has 2 heteroatoms. The summed E-state index contributed by atoms with van der Waals surface area (Å²) in [7, 11) is 0. The smallest absolute Gasteiger partial charge is 0.119 e. The van der Waals surface area contributed by atoms with Crippen molar-refractivity contribution in [3.8, 4) is 5.75 Å². The van der Waals surface area contributed by atoms with E-state index >= 15 is 0 Å². The van der Waals surface area contributed by atoms with E-state index in [0.717, 1.165) is 31.9 Å². The molecule has 0 heterocycles. The van der Waals surface area contributed by atoms with Crippen molar-refractivity contribution in [2.24, 2.45) is 5.41 Å². The van der Waals surface area contributed by atoms with Gasteiger partial charge >= 0.3 is 0 Å². The second-order valence-corrected chi connectivity index (χ2v) is 6.72. The number of unbranched alkanes of at least 4 members (excludes halogenated alkanes) is 2. The zero-order valence-electron chi connectivity index (χ0n) is 14.4. The maximum absolute atomic E-state index is 5.68. The molecule has 0 saturated carbocycles. The molecule has 21 heavy (non-hydrogen) atoms. The van der Waals surface area contributed by atoms with Gasteiger partial charge in [-0.25, -0.2) is 0 Å². The highest BCUT2D eigenvalue weighted by Crippen LogP contribution is 2.23.